The molecule has 0 amide bonds. The number of methoxy groups -OCH3 is 1. The fraction of sp³-hybridized carbons (Fsp3) is 0.0909. The lowest BCUT2D eigenvalue weighted by Crippen LogP contribution is -2.08. The van der Waals surface area contributed by atoms with Gasteiger partial charge in [0.15, 0.2) is 0 Å². The molecule has 0 saturated heterocycles. The summed E-state index contributed by atoms with van der Waals surface area (Å²) in [6, 6.07) is 15.7. The highest BCUT2D eigenvalue weighted by Gasteiger charge is 2.16. The standard InChI is InChI=1S/C22H16O5S/c1-13-17-12-16(26-21(23)19-4-3-11-28-19)9-10-18(17)27-22(24)20(13)14-5-7-15(25-2)8-6-14/h3-12H,1-2H3. The van der Waals surface area contributed by atoms with Gasteiger partial charge in [0.25, 0.3) is 0 Å². The maximum absolute atomic E-state index is 12.5. The van der Waals surface area contributed by atoms with Crippen LogP contribution in [0.25, 0.3) is 22.1 Å². The number of fused-ring (bicyclic) bond motifs is 1. The summed E-state index contributed by atoms with van der Waals surface area (Å²) in [4.78, 5) is 25.3. The van der Waals surface area contributed by atoms with Gasteiger partial charge in [0, 0.05) is 5.39 Å². The smallest absolute Gasteiger partial charge is 0.353 e. The Bertz CT molecular complexity index is 1200. The molecule has 0 aliphatic heterocycles. The number of ether oxygens (including phenoxy) is 2. The van der Waals surface area contributed by atoms with Gasteiger partial charge in [-0.15, -0.1) is 11.3 Å². The maximum atomic E-state index is 12.5. The summed E-state index contributed by atoms with van der Waals surface area (Å²) >= 11 is 1.32. The third-order valence-electron chi connectivity index (χ3n) is 4.45. The van der Waals surface area contributed by atoms with Gasteiger partial charge >= 0.3 is 11.6 Å². The van der Waals surface area contributed by atoms with Crippen molar-refractivity contribution in [2.45, 2.75) is 6.92 Å². The fourth-order valence-electron chi connectivity index (χ4n) is 3.04. The lowest BCUT2D eigenvalue weighted by molar-refractivity contribution is 0.0740. The molecule has 6 heteroatoms. The molecule has 5 nitrogen and oxygen atoms in total. The Labute approximate surface area is 164 Å². The van der Waals surface area contributed by atoms with Gasteiger partial charge in [-0.2, -0.15) is 0 Å². The van der Waals surface area contributed by atoms with Gasteiger partial charge in [-0.1, -0.05) is 18.2 Å². The fourth-order valence-corrected chi connectivity index (χ4v) is 3.64. The number of benzene rings is 2. The first-order chi connectivity index (χ1) is 13.6. The van der Waals surface area contributed by atoms with Crippen LogP contribution in [0.15, 0.2) is 69.2 Å². The Morgan fingerprint density at radius 2 is 1.79 bits per heavy atom. The van der Waals surface area contributed by atoms with Crippen LogP contribution in [-0.4, -0.2) is 13.1 Å². The highest BCUT2D eigenvalue weighted by atomic mass is 32.1. The van der Waals surface area contributed by atoms with Crippen LogP contribution in [-0.2, 0) is 0 Å². The zero-order chi connectivity index (χ0) is 19.7. The number of hydrogen-bond acceptors (Lipinski definition) is 6. The summed E-state index contributed by atoms with van der Waals surface area (Å²) in [6.07, 6.45) is 0. The van der Waals surface area contributed by atoms with Crippen LogP contribution in [0, 0.1) is 6.92 Å². The molecule has 2 aromatic heterocycles. The van der Waals surface area contributed by atoms with E-state index in [-0.39, 0.29) is 0 Å². The van der Waals surface area contributed by atoms with Crippen molar-refractivity contribution in [3.63, 3.8) is 0 Å². The molecule has 0 bridgehead atoms. The number of thiophene rings is 1. The van der Waals surface area contributed by atoms with E-state index < -0.39 is 11.6 Å². The highest BCUT2D eigenvalue weighted by Crippen LogP contribution is 2.30. The lowest BCUT2D eigenvalue weighted by atomic mass is 9.99. The molecular formula is C22H16O5S. The molecule has 140 valence electrons. The number of hydrogen-bond donors (Lipinski definition) is 0. The summed E-state index contributed by atoms with van der Waals surface area (Å²) in [5, 5.41) is 2.53. The zero-order valence-corrected chi connectivity index (χ0v) is 16.0. The maximum Gasteiger partial charge on any atom is 0.353 e. The van der Waals surface area contributed by atoms with Gasteiger partial charge in [0.05, 0.1) is 12.7 Å². The highest BCUT2D eigenvalue weighted by molar-refractivity contribution is 7.12. The second-order valence-corrected chi connectivity index (χ2v) is 7.09. The molecule has 0 N–H and O–H groups in total. The van der Waals surface area contributed by atoms with Crippen molar-refractivity contribution in [2.75, 3.05) is 7.11 Å². The summed E-state index contributed by atoms with van der Waals surface area (Å²) in [5.74, 6) is 0.678. The summed E-state index contributed by atoms with van der Waals surface area (Å²) in [7, 11) is 1.59. The normalized spacial score (nSPS) is 10.8. The quantitative estimate of drug-likeness (QED) is 0.276. The van der Waals surface area contributed by atoms with Crippen LogP contribution in [0.4, 0.5) is 0 Å². The molecule has 0 fully saturated rings. The Hall–Kier alpha value is -3.38. The molecule has 0 spiro atoms. The van der Waals surface area contributed by atoms with Crippen molar-refractivity contribution in [3.05, 3.63) is 80.8 Å². The predicted molar refractivity (Wildman–Crippen MR) is 108 cm³/mol. The molecule has 4 rings (SSSR count). The van der Waals surface area contributed by atoms with Crippen LogP contribution in [0.1, 0.15) is 15.2 Å². The van der Waals surface area contributed by atoms with Gasteiger partial charge in [-0.25, -0.2) is 9.59 Å². The largest absolute Gasteiger partial charge is 0.497 e. The molecule has 0 radical (unpaired) electrons. The van der Waals surface area contributed by atoms with Gasteiger partial charge in [-0.3, -0.25) is 0 Å². The van der Waals surface area contributed by atoms with Crippen LogP contribution in [0.3, 0.4) is 0 Å². The predicted octanol–water partition coefficient (Wildman–Crippen LogP) is 5.06. The van der Waals surface area contributed by atoms with Crippen molar-refractivity contribution in [1.82, 2.24) is 0 Å². The number of carbonyl (C=O) groups is 1. The Morgan fingerprint density at radius 3 is 2.46 bits per heavy atom. The molecule has 2 heterocycles. The molecule has 4 aromatic rings. The van der Waals surface area contributed by atoms with Crippen LogP contribution < -0.4 is 15.1 Å². The molecule has 0 saturated carbocycles. The first-order valence-electron chi connectivity index (χ1n) is 8.54. The van der Waals surface area contributed by atoms with E-state index in [0.717, 1.165) is 11.1 Å². The monoisotopic (exact) mass is 392 g/mol. The number of rotatable bonds is 4. The molecular weight excluding hydrogens is 376 g/mol. The number of esters is 1. The van der Waals surface area contributed by atoms with Gasteiger partial charge in [-0.05, 0) is 59.8 Å². The average Bonchev–Trinajstić information content (AvgIpc) is 3.24. The van der Waals surface area contributed by atoms with Crippen molar-refractivity contribution in [3.8, 4) is 22.6 Å². The first-order valence-corrected chi connectivity index (χ1v) is 9.42. The number of carbonyl (C=O) groups excluding carboxylic acids is 1. The van der Waals surface area contributed by atoms with Crippen LogP contribution in [0.2, 0.25) is 0 Å². The Balaban J connectivity index is 1.77. The molecule has 0 aliphatic rings. The molecule has 0 unspecified atom stereocenters. The van der Waals surface area contributed by atoms with E-state index in [2.05, 4.69) is 0 Å². The third kappa shape index (κ3) is 3.30. The van der Waals surface area contributed by atoms with Crippen molar-refractivity contribution < 1.29 is 18.7 Å². The summed E-state index contributed by atoms with van der Waals surface area (Å²) in [5.41, 5.74) is 1.98. The minimum absolute atomic E-state index is 0.392. The molecule has 2 aromatic carbocycles. The van der Waals surface area contributed by atoms with E-state index in [1.165, 1.54) is 11.3 Å². The summed E-state index contributed by atoms with van der Waals surface area (Å²) < 4.78 is 16.1. The topological polar surface area (TPSA) is 65.7 Å². The Kier molecular flexibility index (Phi) is 4.71. The third-order valence-corrected chi connectivity index (χ3v) is 5.30. The minimum atomic E-state index is -0.418. The zero-order valence-electron chi connectivity index (χ0n) is 15.2. The van der Waals surface area contributed by atoms with Crippen molar-refractivity contribution >= 4 is 28.3 Å². The van der Waals surface area contributed by atoms with Crippen molar-refractivity contribution in [1.29, 1.82) is 0 Å². The van der Waals surface area contributed by atoms with Crippen LogP contribution >= 0.6 is 11.3 Å². The molecule has 28 heavy (non-hydrogen) atoms. The van der Waals surface area contributed by atoms with E-state index in [4.69, 9.17) is 13.9 Å². The SMILES string of the molecule is COc1ccc(-c2c(C)c3cc(OC(=O)c4cccs4)ccc3oc2=O)cc1. The minimum Gasteiger partial charge on any atom is -0.497 e. The van der Waals surface area contributed by atoms with Gasteiger partial charge in [0.1, 0.15) is 22.0 Å². The Morgan fingerprint density at radius 1 is 1.04 bits per heavy atom. The average molecular weight is 392 g/mol. The number of aryl methyl sites for hydroxylation is 1. The van der Waals surface area contributed by atoms with Crippen molar-refractivity contribution in [2.24, 2.45) is 0 Å². The summed E-state index contributed by atoms with van der Waals surface area (Å²) in [6.45, 7) is 1.85. The van der Waals surface area contributed by atoms with Crippen LogP contribution in [0.5, 0.6) is 11.5 Å². The first kappa shape index (κ1) is 18.0. The van der Waals surface area contributed by atoms with E-state index in [1.807, 2.05) is 24.4 Å². The second kappa shape index (κ2) is 7.32. The van der Waals surface area contributed by atoms with E-state index in [0.29, 0.717) is 32.9 Å². The van der Waals surface area contributed by atoms with Gasteiger partial charge in [0.2, 0.25) is 0 Å². The molecule has 0 aliphatic carbocycles. The van der Waals surface area contributed by atoms with Gasteiger partial charge < -0.3 is 13.9 Å². The lowest BCUT2D eigenvalue weighted by Gasteiger charge is -2.10. The van der Waals surface area contributed by atoms with E-state index in [9.17, 15) is 9.59 Å². The van der Waals surface area contributed by atoms with E-state index >= 15 is 0 Å². The second-order valence-electron chi connectivity index (χ2n) is 6.14. The van der Waals surface area contributed by atoms with E-state index in [1.54, 1.807) is 49.6 Å². The molecule has 0 atom stereocenters.